The van der Waals surface area contributed by atoms with E-state index in [0.29, 0.717) is 0 Å². The Hall–Kier alpha value is -0.810. The maximum Gasteiger partial charge on any atom is 0.123 e. The second kappa shape index (κ2) is 7.84. The van der Waals surface area contributed by atoms with Gasteiger partial charge in [-0.1, -0.05) is 11.6 Å². The molecule has 0 radical (unpaired) electrons. The molecule has 1 aromatic rings. The quantitative estimate of drug-likeness (QED) is 0.865. The average Bonchev–Trinajstić information content (AvgIpc) is 2.44. The van der Waals surface area contributed by atoms with Gasteiger partial charge < -0.3 is 15.0 Å². The summed E-state index contributed by atoms with van der Waals surface area (Å²) in [7, 11) is 4.10. The predicted molar refractivity (Wildman–Crippen MR) is 83.6 cm³/mol. The third-order valence-electron chi connectivity index (χ3n) is 3.65. The van der Waals surface area contributed by atoms with Crippen molar-refractivity contribution >= 4 is 11.6 Å². The number of likely N-dealkylation sites (N-methyl/N-ethyl adjacent to an activating group) is 1. The van der Waals surface area contributed by atoms with Gasteiger partial charge in [0.15, 0.2) is 0 Å². The van der Waals surface area contributed by atoms with Crippen molar-refractivity contribution in [1.82, 2.24) is 15.1 Å². The normalized spacial score (nSPS) is 17.4. The molecule has 112 valence electrons. The van der Waals surface area contributed by atoms with Gasteiger partial charge in [0.05, 0.1) is 0 Å². The van der Waals surface area contributed by atoms with E-state index in [9.17, 15) is 0 Å². The molecule has 1 heterocycles. The lowest BCUT2D eigenvalue weighted by atomic mass is 10.2. The number of halogens is 1. The lowest BCUT2D eigenvalue weighted by molar-refractivity contribution is 0.133. The predicted octanol–water partition coefficient (Wildman–Crippen LogP) is 1.69. The van der Waals surface area contributed by atoms with E-state index in [2.05, 4.69) is 22.2 Å². The minimum absolute atomic E-state index is 0.724. The van der Waals surface area contributed by atoms with Gasteiger partial charge in [-0.25, -0.2) is 0 Å². The molecule has 5 heteroatoms. The molecular formula is C15H24ClN3O. The van der Waals surface area contributed by atoms with Crippen LogP contribution in [0.5, 0.6) is 5.75 Å². The van der Waals surface area contributed by atoms with Gasteiger partial charge in [-0.3, -0.25) is 4.90 Å². The lowest BCUT2D eigenvalue weighted by Gasteiger charge is -2.32. The Morgan fingerprint density at radius 1 is 1.25 bits per heavy atom. The largest absolute Gasteiger partial charge is 0.492 e. The minimum atomic E-state index is 0.724. The highest BCUT2D eigenvalue weighted by molar-refractivity contribution is 6.30. The monoisotopic (exact) mass is 297 g/mol. The van der Waals surface area contributed by atoms with E-state index in [1.165, 1.54) is 0 Å². The number of hydrogen-bond acceptors (Lipinski definition) is 4. The molecule has 0 aliphatic carbocycles. The molecule has 0 amide bonds. The minimum Gasteiger partial charge on any atom is -0.492 e. The summed E-state index contributed by atoms with van der Waals surface area (Å²) < 4.78 is 5.92. The Morgan fingerprint density at radius 2 is 2.00 bits per heavy atom. The van der Waals surface area contributed by atoms with E-state index in [0.717, 1.165) is 62.2 Å². The van der Waals surface area contributed by atoms with Crippen molar-refractivity contribution < 1.29 is 4.74 Å². The molecule has 20 heavy (non-hydrogen) atoms. The molecule has 1 N–H and O–H groups in total. The number of piperazine rings is 1. The number of benzene rings is 1. The molecule has 0 spiro atoms. The smallest absolute Gasteiger partial charge is 0.123 e. The third kappa shape index (κ3) is 4.63. The van der Waals surface area contributed by atoms with Crippen LogP contribution < -0.4 is 10.1 Å². The van der Waals surface area contributed by atoms with E-state index in [-0.39, 0.29) is 0 Å². The van der Waals surface area contributed by atoms with E-state index >= 15 is 0 Å². The van der Waals surface area contributed by atoms with Gasteiger partial charge in [-0.2, -0.15) is 0 Å². The van der Waals surface area contributed by atoms with Crippen molar-refractivity contribution in [3.63, 3.8) is 0 Å². The van der Waals surface area contributed by atoms with Crippen LogP contribution in [0, 0.1) is 0 Å². The third-order valence-corrected chi connectivity index (χ3v) is 3.89. The average molecular weight is 298 g/mol. The lowest BCUT2D eigenvalue weighted by Crippen LogP contribution is -2.45. The van der Waals surface area contributed by atoms with Crippen LogP contribution in [-0.4, -0.2) is 63.2 Å². The first kappa shape index (κ1) is 15.6. The van der Waals surface area contributed by atoms with Crippen LogP contribution in [0.15, 0.2) is 18.2 Å². The van der Waals surface area contributed by atoms with E-state index in [1.807, 2.05) is 25.2 Å². The van der Waals surface area contributed by atoms with Crippen molar-refractivity contribution in [1.29, 1.82) is 0 Å². The van der Waals surface area contributed by atoms with E-state index < -0.39 is 0 Å². The highest BCUT2D eigenvalue weighted by Gasteiger charge is 2.13. The van der Waals surface area contributed by atoms with Gasteiger partial charge in [-0.15, -0.1) is 0 Å². The molecule has 0 atom stereocenters. The highest BCUT2D eigenvalue weighted by Crippen LogP contribution is 2.22. The first-order valence-corrected chi connectivity index (χ1v) is 7.53. The second-order valence-corrected chi connectivity index (χ2v) is 5.71. The van der Waals surface area contributed by atoms with Gasteiger partial charge in [0.1, 0.15) is 12.4 Å². The van der Waals surface area contributed by atoms with Crippen LogP contribution >= 0.6 is 11.6 Å². The number of nitrogens with zero attached hydrogens (tertiary/aromatic N) is 2. The van der Waals surface area contributed by atoms with E-state index in [1.54, 1.807) is 0 Å². The maximum absolute atomic E-state index is 6.03. The fourth-order valence-corrected chi connectivity index (χ4v) is 2.57. The van der Waals surface area contributed by atoms with Gasteiger partial charge in [0.25, 0.3) is 0 Å². The number of rotatable bonds is 6. The summed E-state index contributed by atoms with van der Waals surface area (Å²) in [5.74, 6) is 0.929. The molecule has 1 aromatic carbocycles. The molecule has 0 saturated carbocycles. The fraction of sp³-hybridized carbons (Fsp3) is 0.600. The van der Waals surface area contributed by atoms with Crippen molar-refractivity contribution in [3.05, 3.63) is 28.8 Å². The molecule has 1 aliphatic heterocycles. The molecule has 0 bridgehead atoms. The van der Waals surface area contributed by atoms with Crippen LogP contribution in [0.25, 0.3) is 0 Å². The maximum atomic E-state index is 6.03. The summed E-state index contributed by atoms with van der Waals surface area (Å²) in [6, 6.07) is 5.80. The SMILES string of the molecule is CNCc1cc(Cl)ccc1OCCN1CCN(C)CC1. The zero-order chi connectivity index (χ0) is 14.4. The summed E-state index contributed by atoms with van der Waals surface area (Å²) in [5, 5.41) is 3.89. The van der Waals surface area contributed by atoms with Gasteiger partial charge in [0, 0.05) is 49.9 Å². The molecule has 1 saturated heterocycles. The first-order chi connectivity index (χ1) is 9.69. The van der Waals surface area contributed by atoms with Crippen molar-refractivity contribution in [2.24, 2.45) is 0 Å². The molecule has 1 aliphatic rings. The van der Waals surface area contributed by atoms with Crippen molar-refractivity contribution in [2.75, 3.05) is 53.4 Å². The van der Waals surface area contributed by atoms with E-state index in [4.69, 9.17) is 16.3 Å². The molecule has 0 aromatic heterocycles. The zero-order valence-electron chi connectivity index (χ0n) is 12.4. The van der Waals surface area contributed by atoms with Gasteiger partial charge in [-0.05, 0) is 32.3 Å². The topological polar surface area (TPSA) is 27.7 Å². The van der Waals surface area contributed by atoms with Crippen molar-refractivity contribution in [2.45, 2.75) is 6.54 Å². The molecule has 2 rings (SSSR count). The summed E-state index contributed by atoms with van der Waals surface area (Å²) in [6.45, 7) is 7.02. The standard InChI is InChI=1S/C15H24ClN3O/c1-17-12-13-11-14(16)3-4-15(13)20-10-9-19-7-5-18(2)6-8-19/h3-4,11,17H,5-10,12H2,1-2H3. The molecule has 1 fully saturated rings. The summed E-state index contributed by atoms with van der Waals surface area (Å²) >= 11 is 6.03. The fourth-order valence-electron chi connectivity index (χ4n) is 2.37. The number of ether oxygens (including phenoxy) is 1. The molecular weight excluding hydrogens is 274 g/mol. The van der Waals surface area contributed by atoms with Gasteiger partial charge >= 0.3 is 0 Å². The number of hydrogen-bond donors (Lipinski definition) is 1. The van der Waals surface area contributed by atoms with Crippen LogP contribution in [0.1, 0.15) is 5.56 Å². The van der Waals surface area contributed by atoms with Crippen molar-refractivity contribution in [3.8, 4) is 5.75 Å². The highest BCUT2D eigenvalue weighted by atomic mass is 35.5. The van der Waals surface area contributed by atoms with Crippen LogP contribution in [0.4, 0.5) is 0 Å². The summed E-state index contributed by atoms with van der Waals surface area (Å²) in [4.78, 5) is 4.81. The summed E-state index contributed by atoms with van der Waals surface area (Å²) in [5.41, 5.74) is 1.11. The second-order valence-electron chi connectivity index (χ2n) is 5.28. The Kier molecular flexibility index (Phi) is 6.10. The van der Waals surface area contributed by atoms with Crippen LogP contribution in [0.2, 0.25) is 5.02 Å². The molecule has 0 unspecified atom stereocenters. The Labute approximate surface area is 126 Å². The Morgan fingerprint density at radius 3 is 2.70 bits per heavy atom. The van der Waals surface area contributed by atoms with Gasteiger partial charge in [0.2, 0.25) is 0 Å². The Bertz CT molecular complexity index is 420. The Balaban J connectivity index is 1.81. The first-order valence-electron chi connectivity index (χ1n) is 7.16. The molecule has 4 nitrogen and oxygen atoms in total. The number of nitrogens with one attached hydrogen (secondary N) is 1. The van der Waals surface area contributed by atoms with Crippen LogP contribution in [0.3, 0.4) is 0 Å². The zero-order valence-corrected chi connectivity index (χ0v) is 13.1. The summed E-state index contributed by atoms with van der Waals surface area (Å²) in [6.07, 6.45) is 0. The van der Waals surface area contributed by atoms with Crippen LogP contribution in [-0.2, 0) is 6.54 Å².